The number of carbonyl (C=O) groups is 2. The summed E-state index contributed by atoms with van der Waals surface area (Å²) in [4.78, 5) is 26.3. The molecular weight excluding hydrogens is 311 g/mol. The Balaban J connectivity index is 1.79. The molecular formula is C18H19FN2O3. The lowest BCUT2D eigenvalue weighted by Crippen LogP contribution is -2.46. The van der Waals surface area contributed by atoms with Gasteiger partial charge in [0, 0.05) is 13.5 Å². The van der Waals surface area contributed by atoms with Crippen molar-refractivity contribution in [2.24, 2.45) is 5.92 Å². The Morgan fingerprint density at radius 2 is 2.08 bits per heavy atom. The topological polar surface area (TPSA) is 62.6 Å². The number of likely N-dealkylation sites (tertiary alicyclic amines) is 1. The third kappa shape index (κ3) is 3.32. The first-order valence-electron chi connectivity index (χ1n) is 7.87. The normalized spacial score (nSPS) is 20.9. The highest BCUT2D eigenvalue weighted by Gasteiger charge is 2.38. The summed E-state index contributed by atoms with van der Waals surface area (Å²) in [6.45, 7) is 0.302. The number of hydrogen-bond donors (Lipinski definition) is 1. The monoisotopic (exact) mass is 330 g/mol. The molecule has 2 atom stereocenters. The van der Waals surface area contributed by atoms with E-state index < -0.39 is 6.04 Å². The van der Waals surface area contributed by atoms with E-state index in [1.807, 2.05) is 0 Å². The summed E-state index contributed by atoms with van der Waals surface area (Å²) in [5.74, 6) is -0.211. The van der Waals surface area contributed by atoms with Crippen LogP contribution in [-0.2, 0) is 16.1 Å². The molecule has 1 aliphatic rings. The summed E-state index contributed by atoms with van der Waals surface area (Å²) >= 11 is 0. The Hall–Kier alpha value is -2.63. The predicted octanol–water partition coefficient (Wildman–Crippen LogP) is 2.64. The van der Waals surface area contributed by atoms with Crippen molar-refractivity contribution in [2.45, 2.75) is 25.4 Å². The molecule has 1 aliphatic heterocycles. The van der Waals surface area contributed by atoms with E-state index in [1.54, 1.807) is 42.5 Å². The summed E-state index contributed by atoms with van der Waals surface area (Å²) in [5.41, 5.74) is 0.755. The van der Waals surface area contributed by atoms with Gasteiger partial charge in [0.2, 0.25) is 11.8 Å². The number of nitrogens with zero attached hydrogens (tertiary/aromatic N) is 1. The van der Waals surface area contributed by atoms with Crippen LogP contribution in [0.4, 0.5) is 4.39 Å². The summed E-state index contributed by atoms with van der Waals surface area (Å²) < 4.78 is 18.4. The second-order valence-corrected chi connectivity index (χ2v) is 5.94. The molecule has 0 spiro atoms. The molecule has 0 aliphatic carbocycles. The number of rotatable bonds is 4. The number of hydrogen-bond acceptors (Lipinski definition) is 3. The van der Waals surface area contributed by atoms with E-state index in [-0.39, 0.29) is 23.5 Å². The maximum Gasteiger partial charge on any atom is 0.225 e. The van der Waals surface area contributed by atoms with Gasteiger partial charge in [0.15, 0.2) is 0 Å². The van der Waals surface area contributed by atoms with E-state index in [9.17, 15) is 14.0 Å². The molecule has 1 aromatic carbocycles. The van der Waals surface area contributed by atoms with Gasteiger partial charge in [-0.2, -0.15) is 0 Å². The van der Waals surface area contributed by atoms with Gasteiger partial charge in [0.05, 0.1) is 24.8 Å². The number of piperidine rings is 1. The van der Waals surface area contributed by atoms with Gasteiger partial charge in [0.1, 0.15) is 11.6 Å². The SMILES string of the molecule is CN1C(=O)CCC(C(=O)NCc2ccco2)C1c1ccc(F)cc1. The summed E-state index contributed by atoms with van der Waals surface area (Å²) in [7, 11) is 1.68. The van der Waals surface area contributed by atoms with E-state index in [0.29, 0.717) is 25.1 Å². The van der Waals surface area contributed by atoms with Gasteiger partial charge in [-0.05, 0) is 36.2 Å². The zero-order chi connectivity index (χ0) is 17.1. The van der Waals surface area contributed by atoms with Crippen LogP contribution >= 0.6 is 0 Å². The molecule has 3 rings (SSSR count). The fourth-order valence-electron chi connectivity index (χ4n) is 3.15. The first-order valence-corrected chi connectivity index (χ1v) is 7.87. The molecule has 2 aromatic rings. The third-order valence-corrected chi connectivity index (χ3v) is 4.43. The number of halogens is 1. The highest BCUT2D eigenvalue weighted by Crippen LogP contribution is 2.36. The Bertz CT molecular complexity index is 712. The lowest BCUT2D eigenvalue weighted by Gasteiger charge is -2.38. The standard InChI is InChI=1S/C18H19FN2O3/c1-21-16(22)9-8-15(17(21)12-4-6-13(19)7-5-12)18(23)20-11-14-3-2-10-24-14/h2-7,10,15,17H,8-9,11H2,1H3,(H,20,23). The van der Waals surface area contributed by atoms with Gasteiger partial charge < -0.3 is 14.6 Å². The number of furan rings is 1. The van der Waals surface area contributed by atoms with Crippen molar-refractivity contribution in [1.82, 2.24) is 10.2 Å². The first kappa shape index (κ1) is 16.2. The lowest BCUT2D eigenvalue weighted by molar-refractivity contribution is -0.141. The molecule has 1 saturated heterocycles. The van der Waals surface area contributed by atoms with E-state index in [1.165, 1.54) is 12.1 Å². The van der Waals surface area contributed by atoms with Crippen LogP contribution in [0.2, 0.25) is 0 Å². The molecule has 2 unspecified atom stereocenters. The van der Waals surface area contributed by atoms with E-state index in [0.717, 1.165) is 5.56 Å². The van der Waals surface area contributed by atoms with Crippen molar-refractivity contribution < 1.29 is 18.4 Å². The Morgan fingerprint density at radius 1 is 1.33 bits per heavy atom. The highest BCUT2D eigenvalue weighted by molar-refractivity contribution is 5.84. The van der Waals surface area contributed by atoms with Crippen LogP contribution in [0.25, 0.3) is 0 Å². The third-order valence-electron chi connectivity index (χ3n) is 4.43. The maximum absolute atomic E-state index is 13.2. The van der Waals surface area contributed by atoms with Crippen LogP contribution in [0.3, 0.4) is 0 Å². The van der Waals surface area contributed by atoms with Gasteiger partial charge in [0.25, 0.3) is 0 Å². The lowest BCUT2D eigenvalue weighted by atomic mass is 9.84. The molecule has 24 heavy (non-hydrogen) atoms. The average molecular weight is 330 g/mol. The number of amides is 2. The maximum atomic E-state index is 13.2. The zero-order valence-electron chi connectivity index (χ0n) is 13.4. The van der Waals surface area contributed by atoms with Crippen LogP contribution in [0, 0.1) is 11.7 Å². The smallest absolute Gasteiger partial charge is 0.225 e. The fraction of sp³-hybridized carbons (Fsp3) is 0.333. The molecule has 1 fully saturated rings. The number of carbonyl (C=O) groups excluding carboxylic acids is 2. The molecule has 0 saturated carbocycles. The average Bonchev–Trinajstić information content (AvgIpc) is 3.09. The molecule has 1 aromatic heterocycles. The van der Waals surface area contributed by atoms with Crippen LogP contribution in [-0.4, -0.2) is 23.8 Å². The molecule has 126 valence electrons. The Kier molecular flexibility index (Phi) is 4.64. The minimum absolute atomic E-state index is 0.0144. The van der Waals surface area contributed by atoms with Crippen molar-refractivity contribution in [3.8, 4) is 0 Å². The van der Waals surface area contributed by atoms with Crippen molar-refractivity contribution in [3.05, 3.63) is 59.8 Å². The zero-order valence-corrected chi connectivity index (χ0v) is 13.4. The molecule has 2 amide bonds. The summed E-state index contributed by atoms with van der Waals surface area (Å²) in [5, 5.41) is 2.86. The predicted molar refractivity (Wildman–Crippen MR) is 85.2 cm³/mol. The van der Waals surface area contributed by atoms with Crippen molar-refractivity contribution in [1.29, 1.82) is 0 Å². The number of nitrogens with one attached hydrogen (secondary N) is 1. The van der Waals surface area contributed by atoms with Gasteiger partial charge in [-0.1, -0.05) is 12.1 Å². The van der Waals surface area contributed by atoms with Crippen molar-refractivity contribution in [2.75, 3.05) is 7.05 Å². The highest BCUT2D eigenvalue weighted by atomic mass is 19.1. The van der Waals surface area contributed by atoms with Gasteiger partial charge in [-0.3, -0.25) is 9.59 Å². The minimum Gasteiger partial charge on any atom is -0.467 e. The largest absolute Gasteiger partial charge is 0.467 e. The molecule has 0 radical (unpaired) electrons. The molecule has 0 bridgehead atoms. The second kappa shape index (κ2) is 6.86. The van der Waals surface area contributed by atoms with Crippen LogP contribution < -0.4 is 5.32 Å². The fourth-order valence-corrected chi connectivity index (χ4v) is 3.15. The Morgan fingerprint density at radius 3 is 2.75 bits per heavy atom. The molecule has 6 heteroatoms. The molecule has 2 heterocycles. The van der Waals surface area contributed by atoms with Gasteiger partial charge >= 0.3 is 0 Å². The molecule has 5 nitrogen and oxygen atoms in total. The van der Waals surface area contributed by atoms with Crippen LogP contribution in [0.5, 0.6) is 0 Å². The van der Waals surface area contributed by atoms with Gasteiger partial charge in [-0.25, -0.2) is 4.39 Å². The van der Waals surface area contributed by atoms with E-state index in [2.05, 4.69) is 5.32 Å². The number of benzene rings is 1. The molecule has 1 N–H and O–H groups in total. The van der Waals surface area contributed by atoms with E-state index in [4.69, 9.17) is 4.42 Å². The first-order chi connectivity index (χ1) is 11.6. The summed E-state index contributed by atoms with van der Waals surface area (Å²) in [6, 6.07) is 9.09. The van der Waals surface area contributed by atoms with Gasteiger partial charge in [-0.15, -0.1) is 0 Å². The van der Waals surface area contributed by atoms with Crippen molar-refractivity contribution >= 4 is 11.8 Å². The quantitative estimate of drug-likeness (QED) is 0.937. The van der Waals surface area contributed by atoms with Crippen LogP contribution in [0.1, 0.15) is 30.2 Å². The van der Waals surface area contributed by atoms with Crippen molar-refractivity contribution in [3.63, 3.8) is 0 Å². The summed E-state index contributed by atoms with van der Waals surface area (Å²) in [6.07, 6.45) is 2.35. The van der Waals surface area contributed by atoms with Crippen LogP contribution in [0.15, 0.2) is 47.1 Å². The Labute approximate surface area is 139 Å². The second-order valence-electron chi connectivity index (χ2n) is 5.94. The minimum atomic E-state index is -0.400. The van der Waals surface area contributed by atoms with E-state index >= 15 is 0 Å².